The summed E-state index contributed by atoms with van der Waals surface area (Å²) < 4.78 is 13.5. The zero-order valence-corrected chi connectivity index (χ0v) is 11.9. The van der Waals surface area contributed by atoms with Gasteiger partial charge in [-0.15, -0.1) is 11.3 Å². The predicted octanol–water partition coefficient (Wildman–Crippen LogP) is 3.26. The van der Waals surface area contributed by atoms with Crippen molar-refractivity contribution >= 4 is 52.2 Å². The van der Waals surface area contributed by atoms with Crippen LogP contribution >= 0.6 is 34.5 Å². The minimum atomic E-state index is -0.902. The van der Waals surface area contributed by atoms with Gasteiger partial charge in [0.15, 0.2) is 0 Å². The lowest BCUT2D eigenvalue weighted by molar-refractivity contribution is 0.102. The van der Waals surface area contributed by atoms with Gasteiger partial charge in [0.2, 0.25) is 0 Å². The van der Waals surface area contributed by atoms with Crippen LogP contribution in [0.3, 0.4) is 0 Å². The summed E-state index contributed by atoms with van der Waals surface area (Å²) in [5.74, 6) is -0.361. The van der Waals surface area contributed by atoms with E-state index >= 15 is 0 Å². The average Bonchev–Trinajstić information content (AvgIpc) is 2.99. The lowest BCUT2D eigenvalue weighted by atomic mass is 10.4. The van der Waals surface area contributed by atoms with E-state index in [9.17, 15) is 9.59 Å². The molecule has 0 saturated heterocycles. The summed E-state index contributed by atoms with van der Waals surface area (Å²) >= 11 is 7.93. The number of nitrogens with zero attached hydrogens (tertiary/aromatic N) is 1. The first kappa shape index (κ1) is 13.8. The van der Waals surface area contributed by atoms with Gasteiger partial charge in [-0.2, -0.15) is 4.37 Å². The van der Waals surface area contributed by atoms with Gasteiger partial charge in [0, 0.05) is 5.38 Å². The molecule has 6 nitrogen and oxygen atoms in total. The van der Waals surface area contributed by atoms with Crippen molar-refractivity contribution in [1.82, 2.24) is 4.37 Å². The topological polar surface area (TPSA) is 77.5 Å². The van der Waals surface area contributed by atoms with E-state index in [1.54, 1.807) is 17.5 Å². The first-order valence-corrected chi connectivity index (χ1v) is 6.90. The molecule has 0 aliphatic heterocycles. The molecule has 19 heavy (non-hydrogen) atoms. The molecule has 1 amide bonds. The molecule has 0 saturated carbocycles. The Hall–Kier alpha value is -1.64. The SMILES string of the molecule is COC(=O)Oc1nscc1NC(=O)c1ccc(Cl)s1. The molecule has 0 aliphatic rings. The van der Waals surface area contributed by atoms with Gasteiger partial charge in [0.25, 0.3) is 11.8 Å². The highest BCUT2D eigenvalue weighted by molar-refractivity contribution is 7.18. The quantitative estimate of drug-likeness (QED) is 0.879. The van der Waals surface area contributed by atoms with Crippen molar-refractivity contribution in [3.8, 4) is 5.88 Å². The number of hydrogen-bond donors (Lipinski definition) is 1. The number of carbonyl (C=O) groups excluding carboxylic acids is 2. The molecular formula is C10H7ClN2O4S2. The smallest absolute Gasteiger partial charge is 0.437 e. The minimum absolute atomic E-state index is 0.00662. The van der Waals surface area contributed by atoms with Gasteiger partial charge in [-0.3, -0.25) is 4.79 Å². The van der Waals surface area contributed by atoms with Crippen LogP contribution in [-0.2, 0) is 4.74 Å². The Kier molecular flexibility index (Phi) is 4.35. The maximum Gasteiger partial charge on any atom is 0.515 e. The number of hydrogen-bond acceptors (Lipinski definition) is 7. The molecule has 0 unspecified atom stereocenters. The van der Waals surface area contributed by atoms with E-state index in [0.717, 1.165) is 22.9 Å². The van der Waals surface area contributed by atoms with Gasteiger partial charge in [0.05, 0.1) is 16.3 Å². The molecule has 100 valence electrons. The van der Waals surface area contributed by atoms with Crippen LogP contribution in [0.4, 0.5) is 10.5 Å². The molecule has 2 heterocycles. The number of aromatic nitrogens is 1. The van der Waals surface area contributed by atoms with Gasteiger partial charge >= 0.3 is 6.16 Å². The van der Waals surface area contributed by atoms with Gasteiger partial charge in [-0.25, -0.2) is 4.79 Å². The van der Waals surface area contributed by atoms with Crippen molar-refractivity contribution in [2.24, 2.45) is 0 Å². The van der Waals surface area contributed by atoms with Gasteiger partial charge in [-0.1, -0.05) is 11.6 Å². The molecule has 0 spiro atoms. The second-order valence-corrected chi connectivity index (χ2v) is 5.49. The summed E-state index contributed by atoms with van der Waals surface area (Å²) in [4.78, 5) is 23.3. The number of ether oxygens (including phenoxy) is 2. The molecule has 0 aliphatic carbocycles. The Labute approximate surface area is 121 Å². The third-order valence-corrected chi connectivity index (χ3v) is 3.77. The monoisotopic (exact) mass is 318 g/mol. The molecule has 0 bridgehead atoms. The molecule has 0 atom stereocenters. The van der Waals surface area contributed by atoms with Crippen LogP contribution < -0.4 is 10.1 Å². The van der Waals surface area contributed by atoms with Crippen LogP contribution in [0.25, 0.3) is 0 Å². The molecule has 2 rings (SSSR count). The van der Waals surface area contributed by atoms with E-state index in [4.69, 9.17) is 16.3 Å². The van der Waals surface area contributed by atoms with Crippen molar-refractivity contribution in [2.45, 2.75) is 0 Å². The second-order valence-electron chi connectivity index (χ2n) is 3.15. The van der Waals surface area contributed by atoms with Crippen LogP contribution in [0, 0.1) is 0 Å². The van der Waals surface area contributed by atoms with Crippen LogP contribution in [0.1, 0.15) is 9.67 Å². The van der Waals surface area contributed by atoms with Crippen molar-refractivity contribution in [1.29, 1.82) is 0 Å². The third kappa shape index (κ3) is 3.43. The van der Waals surface area contributed by atoms with Crippen molar-refractivity contribution in [3.05, 3.63) is 26.7 Å². The summed E-state index contributed by atoms with van der Waals surface area (Å²) in [5, 5.41) is 4.12. The lowest BCUT2D eigenvalue weighted by Crippen LogP contribution is -2.13. The molecule has 0 fully saturated rings. The normalized spacial score (nSPS) is 10.0. The highest BCUT2D eigenvalue weighted by atomic mass is 35.5. The fourth-order valence-electron chi connectivity index (χ4n) is 1.12. The molecule has 2 aromatic rings. The van der Waals surface area contributed by atoms with Crippen molar-refractivity contribution in [3.63, 3.8) is 0 Å². The number of halogens is 1. The maximum absolute atomic E-state index is 11.9. The Morgan fingerprint density at radius 1 is 1.42 bits per heavy atom. The zero-order chi connectivity index (χ0) is 13.8. The van der Waals surface area contributed by atoms with Crippen molar-refractivity contribution in [2.75, 3.05) is 12.4 Å². The van der Waals surface area contributed by atoms with E-state index in [-0.39, 0.29) is 11.8 Å². The number of anilines is 1. The van der Waals surface area contributed by atoms with E-state index < -0.39 is 6.16 Å². The van der Waals surface area contributed by atoms with Crippen LogP contribution in [0.2, 0.25) is 4.34 Å². The van der Waals surface area contributed by atoms with Crippen LogP contribution in [0.5, 0.6) is 5.88 Å². The van der Waals surface area contributed by atoms with E-state index in [2.05, 4.69) is 14.4 Å². The Bertz CT molecular complexity index is 610. The Balaban J connectivity index is 2.09. The average molecular weight is 319 g/mol. The summed E-state index contributed by atoms with van der Waals surface area (Å²) in [6.45, 7) is 0. The second kappa shape index (κ2) is 6.00. The highest BCUT2D eigenvalue weighted by Crippen LogP contribution is 2.27. The molecule has 1 N–H and O–H groups in total. The van der Waals surface area contributed by atoms with Gasteiger partial charge < -0.3 is 14.8 Å². The first-order valence-electron chi connectivity index (χ1n) is 4.87. The van der Waals surface area contributed by atoms with Gasteiger partial charge in [-0.05, 0) is 23.7 Å². The molecule has 0 aromatic carbocycles. The van der Waals surface area contributed by atoms with Crippen LogP contribution in [0.15, 0.2) is 17.5 Å². The third-order valence-electron chi connectivity index (χ3n) is 1.93. The summed E-state index contributed by atoms with van der Waals surface area (Å²) in [6, 6.07) is 3.22. The first-order chi connectivity index (χ1) is 9.10. The molecule has 0 radical (unpaired) electrons. The van der Waals surface area contributed by atoms with E-state index in [1.807, 2.05) is 0 Å². The fraction of sp³-hybridized carbons (Fsp3) is 0.100. The predicted molar refractivity (Wildman–Crippen MR) is 72.4 cm³/mol. The van der Waals surface area contributed by atoms with Crippen LogP contribution in [-0.4, -0.2) is 23.5 Å². The number of carbonyl (C=O) groups is 2. The fourth-order valence-corrected chi connectivity index (χ4v) is 2.61. The zero-order valence-electron chi connectivity index (χ0n) is 9.51. The Morgan fingerprint density at radius 3 is 2.84 bits per heavy atom. The largest absolute Gasteiger partial charge is 0.515 e. The number of rotatable bonds is 3. The number of nitrogens with one attached hydrogen (secondary N) is 1. The minimum Gasteiger partial charge on any atom is -0.437 e. The van der Waals surface area contributed by atoms with Crippen molar-refractivity contribution < 1.29 is 19.1 Å². The van der Waals surface area contributed by atoms with Gasteiger partial charge in [0.1, 0.15) is 5.69 Å². The summed E-state index contributed by atoms with van der Waals surface area (Å²) in [6.07, 6.45) is -0.902. The summed E-state index contributed by atoms with van der Waals surface area (Å²) in [5.41, 5.74) is 0.296. The molecule has 9 heteroatoms. The summed E-state index contributed by atoms with van der Waals surface area (Å²) in [7, 11) is 1.18. The Morgan fingerprint density at radius 2 is 2.21 bits per heavy atom. The molecule has 2 aromatic heterocycles. The maximum atomic E-state index is 11.9. The van der Waals surface area contributed by atoms with E-state index in [1.165, 1.54) is 7.11 Å². The standard InChI is InChI=1S/C10H7ClN2O4S2/c1-16-10(15)17-9-5(4-18-13-9)12-8(14)6-2-3-7(11)19-6/h2-4H,1H3,(H,12,14). The molecular weight excluding hydrogens is 312 g/mol. The number of amides is 1. The highest BCUT2D eigenvalue weighted by Gasteiger charge is 2.16. The van der Waals surface area contributed by atoms with E-state index in [0.29, 0.717) is 14.9 Å². The number of methoxy groups -OCH3 is 1. The number of thiophene rings is 1. The lowest BCUT2D eigenvalue weighted by Gasteiger charge is -2.03.